The molecule has 0 saturated heterocycles. The molecule has 106 valence electrons. The van der Waals surface area contributed by atoms with Crippen LogP contribution in [0.3, 0.4) is 0 Å². The molecule has 0 aliphatic heterocycles. The molecule has 0 amide bonds. The number of rotatable bonds is 4. The number of hydrogen-bond acceptors (Lipinski definition) is 2. The van der Waals surface area contributed by atoms with Crippen LogP contribution in [0.5, 0.6) is 5.75 Å². The maximum atomic E-state index is 6.00. The van der Waals surface area contributed by atoms with Gasteiger partial charge in [-0.25, -0.2) is 0 Å². The number of likely N-dealkylation sites (N-methyl/N-ethyl adjacent to an activating group) is 1. The molecule has 1 aliphatic rings. The molecular formula is C17H27NO. The number of ether oxygens (including phenoxy) is 1. The van der Waals surface area contributed by atoms with Crippen LogP contribution in [0.2, 0.25) is 0 Å². The first-order valence-electron chi connectivity index (χ1n) is 7.65. The number of benzene rings is 1. The van der Waals surface area contributed by atoms with Crippen LogP contribution in [0.15, 0.2) is 24.3 Å². The second-order valence-electron chi connectivity index (χ2n) is 5.84. The Kier molecular flexibility index (Phi) is 5.26. The first-order valence-corrected chi connectivity index (χ1v) is 7.65. The summed E-state index contributed by atoms with van der Waals surface area (Å²) in [6.07, 6.45) is 6.82. The smallest absolute Gasteiger partial charge is 0.123 e. The second-order valence-corrected chi connectivity index (χ2v) is 5.84. The summed E-state index contributed by atoms with van der Waals surface area (Å²) in [5.41, 5.74) is 1.39. The first kappa shape index (κ1) is 14.4. The van der Waals surface area contributed by atoms with Crippen LogP contribution in [0.1, 0.15) is 57.4 Å². The van der Waals surface area contributed by atoms with Crippen molar-refractivity contribution < 1.29 is 4.74 Å². The molecule has 1 fully saturated rings. The van der Waals surface area contributed by atoms with E-state index in [0.29, 0.717) is 12.0 Å². The normalized spacial score (nSPS) is 24.2. The van der Waals surface area contributed by atoms with Gasteiger partial charge in [0.15, 0.2) is 0 Å². The molecule has 1 N–H and O–H groups in total. The zero-order chi connectivity index (χ0) is 13.7. The van der Waals surface area contributed by atoms with Gasteiger partial charge in [0.2, 0.25) is 0 Å². The van der Waals surface area contributed by atoms with Gasteiger partial charge in [-0.1, -0.05) is 37.5 Å². The summed E-state index contributed by atoms with van der Waals surface area (Å²) in [6.45, 7) is 4.19. The summed E-state index contributed by atoms with van der Waals surface area (Å²) >= 11 is 0. The fraction of sp³-hybridized carbons (Fsp3) is 0.647. The molecule has 2 nitrogen and oxygen atoms in total. The van der Waals surface area contributed by atoms with E-state index in [0.717, 1.165) is 5.75 Å². The van der Waals surface area contributed by atoms with Crippen molar-refractivity contribution in [1.29, 1.82) is 0 Å². The van der Waals surface area contributed by atoms with Crippen LogP contribution in [-0.4, -0.2) is 19.2 Å². The molecule has 0 bridgehead atoms. The largest absolute Gasteiger partial charge is 0.491 e. The van der Waals surface area contributed by atoms with Gasteiger partial charge in [-0.3, -0.25) is 0 Å². The highest BCUT2D eigenvalue weighted by molar-refractivity contribution is 5.37. The van der Waals surface area contributed by atoms with Gasteiger partial charge < -0.3 is 10.1 Å². The lowest BCUT2D eigenvalue weighted by Gasteiger charge is -2.27. The summed E-state index contributed by atoms with van der Waals surface area (Å²) in [5.74, 6) is 1.66. The highest BCUT2D eigenvalue weighted by Crippen LogP contribution is 2.37. The van der Waals surface area contributed by atoms with Crippen molar-refractivity contribution in [3.8, 4) is 5.75 Å². The van der Waals surface area contributed by atoms with Crippen LogP contribution in [0.25, 0.3) is 0 Å². The second kappa shape index (κ2) is 6.95. The summed E-state index contributed by atoms with van der Waals surface area (Å²) < 4.78 is 6.00. The highest BCUT2D eigenvalue weighted by Gasteiger charge is 2.26. The van der Waals surface area contributed by atoms with E-state index in [9.17, 15) is 0 Å². The van der Waals surface area contributed by atoms with Gasteiger partial charge in [-0.15, -0.1) is 0 Å². The number of para-hydroxylation sites is 1. The molecule has 0 heterocycles. The molecule has 2 unspecified atom stereocenters. The van der Waals surface area contributed by atoms with Gasteiger partial charge in [0.25, 0.3) is 0 Å². The van der Waals surface area contributed by atoms with Crippen molar-refractivity contribution >= 4 is 0 Å². The SMILES string of the molecule is CNC1CCCCCC1c1ccccc1OC(C)C. The van der Waals surface area contributed by atoms with Gasteiger partial charge in [-0.2, -0.15) is 0 Å². The van der Waals surface area contributed by atoms with E-state index in [1.807, 2.05) is 0 Å². The average Bonchev–Trinajstić information content (AvgIpc) is 2.63. The fourth-order valence-electron chi connectivity index (χ4n) is 3.17. The third-order valence-corrected chi connectivity index (χ3v) is 4.07. The highest BCUT2D eigenvalue weighted by atomic mass is 16.5. The molecule has 0 radical (unpaired) electrons. The van der Waals surface area contributed by atoms with Gasteiger partial charge in [0, 0.05) is 12.0 Å². The summed E-state index contributed by atoms with van der Waals surface area (Å²) in [4.78, 5) is 0. The van der Waals surface area contributed by atoms with Crippen LogP contribution in [0, 0.1) is 0 Å². The van der Waals surface area contributed by atoms with Gasteiger partial charge >= 0.3 is 0 Å². The third-order valence-electron chi connectivity index (χ3n) is 4.07. The molecule has 1 aromatic rings. The molecule has 1 aliphatic carbocycles. The van der Waals surface area contributed by atoms with Crippen molar-refractivity contribution in [3.05, 3.63) is 29.8 Å². The van der Waals surface area contributed by atoms with Crippen LogP contribution >= 0.6 is 0 Å². The van der Waals surface area contributed by atoms with Crippen molar-refractivity contribution in [3.63, 3.8) is 0 Å². The van der Waals surface area contributed by atoms with E-state index >= 15 is 0 Å². The van der Waals surface area contributed by atoms with Crippen molar-refractivity contribution in [2.45, 2.75) is 64.0 Å². The molecule has 0 spiro atoms. The molecule has 19 heavy (non-hydrogen) atoms. The quantitative estimate of drug-likeness (QED) is 0.824. The Morgan fingerprint density at radius 3 is 2.58 bits per heavy atom. The van der Waals surface area contributed by atoms with E-state index < -0.39 is 0 Å². The number of hydrogen-bond donors (Lipinski definition) is 1. The Morgan fingerprint density at radius 1 is 1.11 bits per heavy atom. The molecule has 1 saturated carbocycles. The topological polar surface area (TPSA) is 21.3 Å². The van der Waals surface area contributed by atoms with E-state index in [1.54, 1.807) is 0 Å². The molecular weight excluding hydrogens is 234 g/mol. The van der Waals surface area contributed by atoms with Crippen LogP contribution < -0.4 is 10.1 Å². The Bertz CT molecular complexity index is 389. The zero-order valence-electron chi connectivity index (χ0n) is 12.5. The van der Waals surface area contributed by atoms with Gasteiger partial charge in [0.1, 0.15) is 5.75 Å². The van der Waals surface area contributed by atoms with Crippen LogP contribution in [-0.2, 0) is 0 Å². The Morgan fingerprint density at radius 2 is 1.84 bits per heavy atom. The maximum Gasteiger partial charge on any atom is 0.123 e. The Labute approximate surface area is 117 Å². The minimum atomic E-state index is 0.236. The van der Waals surface area contributed by atoms with E-state index in [1.165, 1.54) is 37.7 Å². The van der Waals surface area contributed by atoms with Gasteiger partial charge in [-0.05, 0) is 45.4 Å². The third kappa shape index (κ3) is 3.73. The van der Waals surface area contributed by atoms with E-state index in [2.05, 4.69) is 50.5 Å². The maximum absolute atomic E-state index is 6.00. The van der Waals surface area contributed by atoms with Crippen LogP contribution in [0.4, 0.5) is 0 Å². The van der Waals surface area contributed by atoms with E-state index in [-0.39, 0.29) is 6.10 Å². The van der Waals surface area contributed by atoms with Crippen molar-refractivity contribution in [2.75, 3.05) is 7.05 Å². The minimum Gasteiger partial charge on any atom is -0.491 e. The molecule has 2 atom stereocenters. The Hall–Kier alpha value is -1.02. The lowest BCUT2D eigenvalue weighted by atomic mass is 9.87. The summed E-state index contributed by atoms with van der Waals surface area (Å²) in [6, 6.07) is 9.16. The summed E-state index contributed by atoms with van der Waals surface area (Å²) in [5, 5.41) is 3.52. The molecule has 2 heteroatoms. The zero-order valence-corrected chi connectivity index (χ0v) is 12.5. The van der Waals surface area contributed by atoms with E-state index in [4.69, 9.17) is 4.74 Å². The predicted octanol–water partition coefficient (Wildman–Crippen LogP) is 4.11. The number of nitrogens with one attached hydrogen (secondary N) is 1. The standard InChI is InChI=1S/C17H27NO/c1-13(2)19-17-12-8-7-10-15(17)14-9-5-4-6-11-16(14)18-3/h7-8,10,12-14,16,18H,4-6,9,11H2,1-3H3. The lowest BCUT2D eigenvalue weighted by molar-refractivity contribution is 0.236. The predicted molar refractivity (Wildman–Crippen MR) is 80.9 cm³/mol. The fourth-order valence-corrected chi connectivity index (χ4v) is 3.17. The van der Waals surface area contributed by atoms with Gasteiger partial charge in [0.05, 0.1) is 6.10 Å². The molecule has 1 aromatic carbocycles. The van der Waals surface area contributed by atoms with Crippen molar-refractivity contribution in [1.82, 2.24) is 5.32 Å². The first-order chi connectivity index (χ1) is 9.22. The van der Waals surface area contributed by atoms with Crippen molar-refractivity contribution in [2.24, 2.45) is 0 Å². The molecule has 0 aromatic heterocycles. The monoisotopic (exact) mass is 261 g/mol. The lowest BCUT2D eigenvalue weighted by Crippen LogP contribution is -2.31. The average molecular weight is 261 g/mol. The summed E-state index contributed by atoms with van der Waals surface area (Å²) in [7, 11) is 2.09. The Balaban J connectivity index is 2.27. The minimum absolute atomic E-state index is 0.236. The molecule has 2 rings (SSSR count).